The number of likely N-dealkylation sites (N-methyl/N-ethyl adjacent to an activating group) is 1. The van der Waals surface area contributed by atoms with Crippen molar-refractivity contribution in [1.29, 1.82) is 0 Å². The molecule has 1 heterocycles. The fourth-order valence-corrected chi connectivity index (χ4v) is 3.29. The largest absolute Gasteiger partial charge is 0.352 e. The average Bonchev–Trinajstić information content (AvgIpc) is 2.74. The van der Waals surface area contributed by atoms with Crippen LogP contribution in [0.2, 0.25) is 0 Å². The lowest BCUT2D eigenvalue weighted by Gasteiger charge is -2.34. The third kappa shape index (κ3) is 5.16. The van der Waals surface area contributed by atoms with E-state index in [1.54, 1.807) is 36.4 Å². The summed E-state index contributed by atoms with van der Waals surface area (Å²) in [6.45, 7) is 6.87. The van der Waals surface area contributed by atoms with Crippen LogP contribution >= 0.6 is 0 Å². The molecule has 1 aliphatic rings. The summed E-state index contributed by atoms with van der Waals surface area (Å²) in [6.07, 6.45) is 0.631. The third-order valence-electron chi connectivity index (χ3n) is 5.11. The maximum absolute atomic E-state index is 12.9. The van der Waals surface area contributed by atoms with Crippen LogP contribution in [-0.4, -0.2) is 60.9 Å². The highest BCUT2D eigenvalue weighted by Crippen LogP contribution is 2.11. The summed E-state index contributed by atoms with van der Waals surface area (Å²) in [5.41, 5.74) is 2.09. The highest BCUT2D eigenvalue weighted by atomic mass is 19.1. The topological polar surface area (TPSA) is 52.7 Å². The second-order valence-electron chi connectivity index (χ2n) is 6.94. The van der Waals surface area contributed by atoms with Crippen LogP contribution in [0.1, 0.15) is 33.2 Å². The fourth-order valence-electron chi connectivity index (χ4n) is 3.29. The van der Waals surface area contributed by atoms with Crippen molar-refractivity contribution in [1.82, 2.24) is 15.1 Å². The number of halogens is 1. The first-order chi connectivity index (χ1) is 13.6. The molecule has 6 heteroatoms. The van der Waals surface area contributed by atoms with Gasteiger partial charge in [0.05, 0.1) is 0 Å². The molecular formula is C22H26FN3O2. The van der Waals surface area contributed by atoms with E-state index in [9.17, 15) is 14.0 Å². The molecule has 1 aliphatic heterocycles. The quantitative estimate of drug-likeness (QED) is 0.834. The van der Waals surface area contributed by atoms with Crippen molar-refractivity contribution in [3.8, 4) is 0 Å². The van der Waals surface area contributed by atoms with Crippen LogP contribution in [0.4, 0.5) is 4.39 Å². The number of benzene rings is 2. The Balaban J connectivity index is 1.49. The van der Waals surface area contributed by atoms with E-state index < -0.39 is 0 Å². The third-order valence-corrected chi connectivity index (χ3v) is 5.11. The molecule has 0 saturated carbocycles. The minimum atomic E-state index is -0.269. The van der Waals surface area contributed by atoms with E-state index >= 15 is 0 Å². The van der Waals surface area contributed by atoms with E-state index in [1.165, 1.54) is 12.1 Å². The number of rotatable bonds is 6. The van der Waals surface area contributed by atoms with E-state index in [2.05, 4.69) is 17.1 Å². The van der Waals surface area contributed by atoms with E-state index in [-0.39, 0.29) is 17.6 Å². The van der Waals surface area contributed by atoms with Gasteiger partial charge < -0.3 is 15.1 Å². The van der Waals surface area contributed by atoms with Gasteiger partial charge in [-0.05, 0) is 54.9 Å². The monoisotopic (exact) mass is 383 g/mol. The van der Waals surface area contributed by atoms with Crippen molar-refractivity contribution in [2.24, 2.45) is 0 Å². The van der Waals surface area contributed by atoms with E-state index in [0.29, 0.717) is 24.1 Å². The summed E-state index contributed by atoms with van der Waals surface area (Å²) in [5.74, 6) is -0.439. The Hall–Kier alpha value is -2.73. The number of carbonyl (C=O) groups excluding carboxylic acids is 2. The Labute approximate surface area is 165 Å². The van der Waals surface area contributed by atoms with Crippen molar-refractivity contribution in [3.05, 3.63) is 71.0 Å². The summed E-state index contributed by atoms with van der Waals surface area (Å²) >= 11 is 0. The molecule has 0 atom stereocenters. The number of carbonyl (C=O) groups is 2. The lowest BCUT2D eigenvalue weighted by atomic mass is 10.1. The first-order valence-corrected chi connectivity index (χ1v) is 9.71. The molecule has 0 radical (unpaired) electrons. The maximum atomic E-state index is 12.9. The molecule has 0 aromatic heterocycles. The van der Waals surface area contributed by atoms with Gasteiger partial charge in [0.25, 0.3) is 11.8 Å². The first kappa shape index (κ1) is 20.0. The predicted octanol–water partition coefficient (Wildman–Crippen LogP) is 2.58. The van der Waals surface area contributed by atoms with Crippen molar-refractivity contribution in [3.63, 3.8) is 0 Å². The molecule has 1 saturated heterocycles. The number of nitrogens with one attached hydrogen (secondary N) is 1. The number of nitrogens with zero attached hydrogens (tertiary/aromatic N) is 2. The number of amides is 2. The normalized spacial score (nSPS) is 14.7. The summed E-state index contributed by atoms with van der Waals surface area (Å²) in [5, 5.41) is 2.85. The molecule has 0 spiro atoms. The molecule has 1 fully saturated rings. The second kappa shape index (κ2) is 9.46. The lowest BCUT2D eigenvalue weighted by molar-refractivity contribution is 0.0643. The Morgan fingerprint density at radius 3 is 2.14 bits per heavy atom. The molecule has 2 aromatic carbocycles. The Bertz CT molecular complexity index is 798. The molecular weight excluding hydrogens is 357 g/mol. The number of piperazine rings is 1. The van der Waals surface area contributed by atoms with Gasteiger partial charge in [-0.25, -0.2) is 4.39 Å². The summed E-state index contributed by atoms with van der Waals surface area (Å²) < 4.78 is 12.9. The van der Waals surface area contributed by atoms with Crippen molar-refractivity contribution in [2.45, 2.75) is 13.3 Å². The molecule has 5 nitrogen and oxygen atoms in total. The SMILES string of the molecule is CCN1CCN(C(=O)c2ccc(C(=O)NCCc3ccc(F)cc3)cc2)CC1. The van der Waals surface area contributed by atoms with Gasteiger partial charge in [0.2, 0.25) is 0 Å². The smallest absolute Gasteiger partial charge is 0.253 e. The summed E-state index contributed by atoms with van der Waals surface area (Å²) in [6, 6.07) is 13.0. The van der Waals surface area contributed by atoms with Crippen molar-refractivity contribution in [2.75, 3.05) is 39.3 Å². The van der Waals surface area contributed by atoms with Gasteiger partial charge in [0.15, 0.2) is 0 Å². The van der Waals surface area contributed by atoms with Gasteiger partial charge >= 0.3 is 0 Å². The van der Waals surface area contributed by atoms with Gasteiger partial charge in [-0.15, -0.1) is 0 Å². The van der Waals surface area contributed by atoms with Crippen LogP contribution in [0.15, 0.2) is 48.5 Å². The minimum absolute atomic E-state index is 0.0130. The summed E-state index contributed by atoms with van der Waals surface area (Å²) in [4.78, 5) is 29.1. The Morgan fingerprint density at radius 2 is 1.54 bits per heavy atom. The van der Waals surface area contributed by atoms with Crippen molar-refractivity contribution < 1.29 is 14.0 Å². The highest BCUT2D eigenvalue weighted by Gasteiger charge is 2.21. The molecule has 0 bridgehead atoms. The molecule has 3 rings (SSSR count). The fraction of sp³-hybridized carbons (Fsp3) is 0.364. The predicted molar refractivity (Wildman–Crippen MR) is 107 cm³/mol. The molecule has 148 valence electrons. The van der Waals surface area contributed by atoms with Crippen molar-refractivity contribution >= 4 is 11.8 Å². The molecule has 0 aliphatic carbocycles. The molecule has 2 aromatic rings. The number of hydrogen-bond acceptors (Lipinski definition) is 3. The molecule has 2 amide bonds. The van der Waals surface area contributed by atoms with E-state index in [1.807, 2.05) is 4.90 Å². The number of hydrogen-bond donors (Lipinski definition) is 1. The Kier molecular flexibility index (Phi) is 6.76. The van der Waals surface area contributed by atoms with Crippen LogP contribution < -0.4 is 5.32 Å². The minimum Gasteiger partial charge on any atom is -0.352 e. The highest BCUT2D eigenvalue weighted by molar-refractivity contribution is 5.97. The van der Waals surface area contributed by atoms with Crippen LogP contribution in [0.5, 0.6) is 0 Å². The molecule has 0 unspecified atom stereocenters. The standard InChI is InChI=1S/C22H26FN3O2/c1-2-25-13-15-26(16-14-25)22(28)19-7-5-18(6-8-19)21(27)24-12-11-17-3-9-20(23)10-4-17/h3-10H,2,11-16H2,1H3,(H,24,27). The lowest BCUT2D eigenvalue weighted by Crippen LogP contribution is -2.48. The first-order valence-electron chi connectivity index (χ1n) is 9.71. The van der Waals surface area contributed by atoms with E-state index in [4.69, 9.17) is 0 Å². The van der Waals surface area contributed by atoms with Crippen LogP contribution in [-0.2, 0) is 6.42 Å². The Morgan fingerprint density at radius 1 is 0.929 bits per heavy atom. The van der Waals surface area contributed by atoms with Crippen LogP contribution in [0, 0.1) is 5.82 Å². The second-order valence-corrected chi connectivity index (χ2v) is 6.94. The maximum Gasteiger partial charge on any atom is 0.253 e. The average molecular weight is 383 g/mol. The summed E-state index contributed by atoms with van der Waals surface area (Å²) in [7, 11) is 0. The molecule has 1 N–H and O–H groups in total. The zero-order chi connectivity index (χ0) is 19.9. The van der Waals surface area contributed by atoms with Gasteiger partial charge in [0.1, 0.15) is 5.82 Å². The van der Waals surface area contributed by atoms with Crippen LogP contribution in [0.3, 0.4) is 0 Å². The van der Waals surface area contributed by atoms with Gasteiger partial charge in [0, 0.05) is 43.9 Å². The van der Waals surface area contributed by atoms with Crippen LogP contribution in [0.25, 0.3) is 0 Å². The van der Waals surface area contributed by atoms with Gasteiger partial charge in [-0.1, -0.05) is 19.1 Å². The molecule has 28 heavy (non-hydrogen) atoms. The zero-order valence-electron chi connectivity index (χ0n) is 16.2. The van der Waals surface area contributed by atoms with Gasteiger partial charge in [-0.2, -0.15) is 0 Å². The zero-order valence-corrected chi connectivity index (χ0v) is 16.2. The van der Waals surface area contributed by atoms with E-state index in [0.717, 1.165) is 38.3 Å². The van der Waals surface area contributed by atoms with Gasteiger partial charge in [-0.3, -0.25) is 9.59 Å².